The molecule has 132 valence electrons. The van der Waals surface area contributed by atoms with Crippen LogP contribution in [0.25, 0.3) is 0 Å². The number of nitrogens with zero attached hydrogens (tertiary/aromatic N) is 1. The van der Waals surface area contributed by atoms with Gasteiger partial charge in [-0.1, -0.05) is 54.6 Å². The Balaban J connectivity index is 1.55. The van der Waals surface area contributed by atoms with Gasteiger partial charge in [0.25, 0.3) is 0 Å². The second-order valence-electron chi connectivity index (χ2n) is 7.21. The summed E-state index contributed by atoms with van der Waals surface area (Å²) in [6, 6.07) is 18.3. The first-order valence-corrected chi connectivity index (χ1v) is 9.16. The van der Waals surface area contributed by atoms with Crippen molar-refractivity contribution in [3.63, 3.8) is 0 Å². The summed E-state index contributed by atoms with van der Waals surface area (Å²) in [4.78, 5) is 15.5. The average Bonchev–Trinajstić information content (AvgIpc) is 3.23. The molecule has 1 saturated heterocycles. The lowest BCUT2D eigenvalue weighted by molar-refractivity contribution is -0.135. The van der Waals surface area contributed by atoms with E-state index in [0.717, 1.165) is 16.8 Å². The summed E-state index contributed by atoms with van der Waals surface area (Å²) in [5, 5.41) is 0. The summed E-state index contributed by atoms with van der Waals surface area (Å²) in [6.45, 7) is 1.81. The van der Waals surface area contributed by atoms with Crippen LogP contribution >= 0.6 is 0 Å². The summed E-state index contributed by atoms with van der Waals surface area (Å²) in [5.74, 6) is -0.487. The third kappa shape index (κ3) is 2.26. The van der Waals surface area contributed by atoms with E-state index in [1.165, 1.54) is 0 Å². The predicted octanol–water partition coefficient (Wildman–Crippen LogP) is 3.56. The van der Waals surface area contributed by atoms with Crippen molar-refractivity contribution >= 4 is 11.6 Å². The highest BCUT2D eigenvalue weighted by Crippen LogP contribution is 2.50. The Morgan fingerprint density at radius 1 is 0.885 bits per heavy atom. The van der Waals surface area contributed by atoms with E-state index in [4.69, 9.17) is 9.47 Å². The van der Waals surface area contributed by atoms with E-state index in [2.05, 4.69) is 18.2 Å². The molecule has 1 fully saturated rings. The predicted molar refractivity (Wildman–Crippen MR) is 98.8 cm³/mol. The summed E-state index contributed by atoms with van der Waals surface area (Å²) < 4.78 is 11.6. The highest BCUT2D eigenvalue weighted by atomic mass is 16.7. The fraction of sp³-hybridized carbons (Fsp3) is 0.318. The number of benzene rings is 2. The maximum atomic E-state index is 13.5. The van der Waals surface area contributed by atoms with E-state index in [0.29, 0.717) is 32.6 Å². The number of carbonyl (C=O) groups excluding carboxylic acids is 1. The van der Waals surface area contributed by atoms with Gasteiger partial charge in [-0.25, -0.2) is 0 Å². The summed E-state index contributed by atoms with van der Waals surface area (Å²) in [6.07, 6.45) is 5.38. The van der Waals surface area contributed by atoms with Crippen molar-refractivity contribution in [1.29, 1.82) is 0 Å². The molecule has 4 heteroatoms. The minimum atomic E-state index is -0.632. The number of para-hydroxylation sites is 1. The van der Waals surface area contributed by atoms with Crippen LogP contribution in [-0.2, 0) is 26.2 Å². The first-order chi connectivity index (χ1) is 12.7. The molecule has 1 amide bonds. The molecule has 2 spiro atoms. The quantitative estimate of drug-likeness (QED) is 0.780. The molecule has 1 aliphatic carbocycles. The van der Waals surface area contributed by atoms with Crippen LogP contribution in [0.1, 0.15) is 24.0 Å². The molecule has 2 aromatic carbocycles. The van der Waals surface area contributed by atoms with Crippen LogP contribution < -0.4 is 4.90 Å². The van der Waals surface area contributed by atoms with Crippen molar-refractivity contribution in [1.82, 2.24) is 0 Å². The van der Waals surface area contributed by atoms with E-state index in [9.17, 15) is 4.79 Å². The van der Waals surface area contributed by atoms with Crippen molar-refractivity contribution in [3.8, 4) is 0 Å². The van der Waals surface area contributed by atoms with Crippen LogP contribution in [0.5, 0.6) is 0 Å². The molecule has 1 atom stereocenters. The van der Waals surface area contributed by atoms with Gasteiger partial charge in [0.15, 0.2) is 5.79 Å². The van der Waals surface area contributed by atoms with Gasteiger partial charge in [-0.3, -0.25) is 4.79 Å². The Hall–Kier alpha value is -2.43. The molecular formula is C22H21NO3. The molecule has 2 aromatic rings. The van der Waals surface area contributed by atoms with Crippen LogP contribution in [0.3, 0.4) is 0 Å². The molecule has 26 heavy (non-hydrogen) atoms. The number of anilines is 1. The average molecular weight is 347 g/mol. The molecule has 4 nitrogen and oxygen atoms in total. The second kappa shape index (κ2) is 5.79. The van der Waals surface area contributed by atoms with E-state index in [-0.39, 0.29) is 5.91 Å². The largest absolute Gasteiger partial charge is 0.344 e. The molecule has 0 radical (unpaired) electrons. The smallest absolute Gasteiger partial charge is 0.241 e. The number of fused-ring (bicyclic) bond motifs is 2. The van der Waals surface area contributed by atoms with E-state index in [1.54, 1.807) is 0 Å². The zero-order chi connectivity index (χ0) is 17.6. The molecule has 0 N–H and O–H groups in total. The summed E-state index contributed by atoms with van der Waals surface area (Å²) in [5.41, 5.74) is 2.62. The molecule has 0 saturated carbocycles. The van der Waals surface area contributed by atoms with Gasteiger partial charge in [-0.2, -0.15) is 0 Å². The monoisotopic (exact) mass is 347 g/mol. The Labute approximate surface area is 153 Å². The number of ether oxygens (including phenoxy) is 2. The fourth-order valence-corrected chi connectivity index (χ4v) is 4.40. The number of hydrogen-bond acceptors (Lipinski definition) is 3. The Kier molecular flexibility index (Phi) is 3.52. The summed E-state index contributed by atoms with van der Waals surface area (Å²) >= 11 is 0. The Bertz CT molecular complexity index is 870. The first-order valence-electron chi connectivity index (χ1n) is 9.16. The maximum absolute atomic E-state index is 13.5. The third-order valence-electron chi connectivity index (χ3n) is 5.75. The minimum absolute atomic E-state index is 0.145. The molecule has 3 aliphatic rings. The van der Waals surface area contributed by atoms with E-state index < -0.39 is 11.2 Å². The molecule has 0 unspecified atom stereocenters. The lowest BCUT2D eigenvalue weighted by Gasteiger charge is -2.35. The number of amides is 1. The standard InChI is InChI=1S/C22H21NO3/c24-20-21(10-12-22(13-11-21)25-14-15-26-22)18-8-4-5-9-19(18)23(20)16-17-6-2-1-3-7-17/h1-10,12H,11,13-16H2/t21-/m0/s1. The molecule has 2 heterocycles. The number of rotatable bonds is 2. The van der Waals surface area contributed by atoms with Crippen molar-refractivity contribution in [2.45, 2.75) is 30.6 Å². The van der Waals surface area contributed by atoms with Gasteiger partial charge in [0.2, 0.25) is 5.91 Å². The number of hydrogen-bond donors (Lipinski definition) is 0. The lowest BCUT2D eigenvalue weighted by atomic mass is 9.73. The van der Waals surface area contributed by atoms with E-state index >= 15 is 0 Å². The normalized spacial score (nSPS) is 26.0. The van der Waals surface area contributed by atoms with Crippen LogP contribution in [0, 0.1) is 0 Å². The molecule has 0 aromatic heterocycles. The molecule has 5 rings (SSSR count). The molecular weight excluding hydrogens is 326 g/mol. The van der Waals surface area contributed by atoms with Gasteiger partial charge >= 0.3 is 0 Å². The van der Waals surface area contributed by atoms with Gasteiger partial charge in [0, 0.05) is 12.1 Å². The van der Waals surface area contributed by atoms with Gasteiger partial charge < -0.3 is 14.4 Å². The van der Waals surface area contributed by atoms with Crippen LogP contribution in [0.4, 0.5) is 5.69 Å². The van der Waals surface area contributed by atoms with Crippen molar-refractivity contribution < 1.29 is 14.3 Å². The van der Waals surface area contributed by atoms with Crippen molar-refractivity contribution in [2.75, 3.05) is 18.1 Å². The fourth-order valence-electron chi connectivity index (χ4n) is 4.40. The Morgan fingerprint density at radius 2 is 1.62 bits per heavy atom. The molecule has 2 aliphatic heterocycles. The van der Waals surface area contributed by atoms with Gasteiger partial charge in [-0.05, 0) is 29.7 Å². The van der Waals surface area contributed by atoms with Gasteiger partial charge in [0.05, 0.1) is 25.2 Å². The Morgan fingerprint density at radius 3 is 2.35 bits per heavy atom. The van der Waals surface area contributed by atoms with Crippen molar-refractivity contribution in [2.24, 2.45) is 0 Å². The maximum Gasteiger partial charge on any atom is 0.241 e. The minimum Gasteiger partial charge on any atom is -0.344 e. The zero-order valence-corrected chi connectivity index (χ0v) is 14.6. The SMILES string of the molecule is O=C1N(Cc2ccccc2)c2ccccc2[C@@]12C=CC1(CC2)OCCO1. The second-order valence-corrected chi connectivity index (χ2v) is 7.21. The number of carbonyl (C=O) groups is 1. The van der Waals surface area contributed by atoms with E-state index in [1.807, 2.05) is 53.5 Å². The van der Waals surface area contributed by atoms with Crippen LogP contribution in [-0.4, -0.2) is 24.9 Å². The summed E-state index contributed by atoms with van der Waals surface area (Å²) in [7, 11) is 0. The highest BCUT2D eigenvalue weighted by molar-refractivity contribution is 6.09. The first kappa shape index (κ1) is 15.8. The lowest BCUT2D eigenvalue weighted by Crippen LogP contribution is -2.44. The highest BCUT2D eigenvalue weighted by Gasteiger charge is 2.53. The molecule has 0 bridgehead atoms. The zero-order valence-electron chi connectivity index (χ0n) is 14.6. The van der Waals surface area contributed by atoms with Gasteiger partial charge in [-0.15, -0.1) is 0 Å². The van der Waals surface area contributed by atoms with Gasteiger partial charge in [0.1, 0.15) is 0 Å². The van der Waals surface area contributed by atoms with Crippen LogP contribution in [0.2, 0.25) is 0 Å². The topological polar surface area (TPSA) is 38.8 Å². The van der Waals surface area contributed by atoms with Crippen LogP contribution in [0.15, 0.2) is 66.7 Å². The van der Waals surface area contributed by atoms with Crippen molar-refractivity contribution in [3.05, 3.63) is 77.9 Å². The third-order valence-corrected chi connectivity index (χ3v) is 5.75.